The molecule has 0 saturated heterocycles. The van der Waals surface area contributed by atoms with Crippen LogP contribution in [0.2, 0.25) is 0 Å². The van der Waals surface area contributed by atoms with Crippen LogP contribution in [0, 0.1) is 17.0 Å². The van der Waals surface area contributed by atoms with Crippen LogP contribution in [-0.4, -0.2) is 4.85 Å². The molecule has 1 rings (SSSR count). The number of aryl methyl sites for hydroxylation is 1. The van der Waals surface area contributed by atoms with E-state index < -0.39 is 0 Å². The monoisotopic (exact) mass is 126 g/mol. The SMILES string of the molecule is Cc1ccn([O-])[n+](=O)c1. The molecular formula is C5H6N2O2. The summed E-state index contributed by atoms with van der Waals surface area (Å²) in [4.78, 5) is 10.6. The maximum atomic E-state index is 10.4. The molecule has 0 atom stereocenters. The van der Waals surface area contributed by atoms with E-state index >= 15 is 0 Å². The average molecular weight is 126 g/mol. The molecule has 4 nitrogen and oxygen atoms in total. The van der Waals surface area contributed by atoms with Crippen molar-refractivity contribution in [1.82, 2.24) is 4.85 Å². The molecular weight excluding hydrogens is 120 g/mol. The highest BCUT2D eigenvalue weighted by atomic mass is 16.5. The Morgan fingerprint density at radius 1 is 1.78 bits per heavy atom. The van der Waals surface area contributed by atoms with E-state index in [0.29, 0.717) is 0 Å². The van der Waals surface area contributed by atoms with Gasteiger partial charge in [0.15, 0.2) is 4.54 Å². The molecule has 0 aliphatic rings. The Hall–Kier alpha value is -1.32. The van der Waals surface area contributed by atoms with Crippen LogP contribution in [0.5, 0.6) is 0 Å². The van der Waals surface area contributed by atoms with Gasteiger partial charge in [0, 0.05) is 5.56 Å². The van der Waals surface area contributed by atoms with E-state index in [4.69, 9.17) is 0 Å². The van der Waals surface area contributed by atoms with Gasteiger partial charge in [0.25, 0.3) is 6.20 Å². The molecule has 0 bridgehead atoms. The number of rotatable bonds is 0. The lowest BCUT2D eigenvalue weighted by atomic mass is 10.4. The summed E-state index contributed by atoms with van der Waals surface area (Å²) in [7, 11) is 0. The summed E-state index contributed by atoms with van der Waals surface area (Å²) in [6, 6.07) is 1.57. The molecule has 9 heavy (non-hydrogen) atoms. The number of hydrogen-bond acceptors (Lipinski definition) is 2. The van der Waals surface area contributed by atoms with Crippen molar-refractivity contribution in [2.24, 2.45) is 0 Å². The Morgan fingerprint density at radius 2 is 2.44 bits per heavy atom. The fourth-order valence-electron chi connectivity index (χ4n) is 0.521. The largest absolute Gasteiger partial charge is 0.756 e. The highest BCUT2D eigenvalue weighted by Crippen LogP contribution is 1.86. The minimum absolute atomic E-state index is 0.215. The fraction of sp³-hybridized carbons (Fsp3) is 0.200. The molecule has 1 heterocycles. The van der Waals surface area contributed by atoms with Gasteiger partial charge in [0.2, 0.25) is 0 Å². The van der Waals surface area contributed by atoms with Gasteiger partial charge in [-0.15, -0.1) is 4.85 Å². The van der Waals surface area contributed by atoms with Gasteiger partial charge in [0.05, 0.1) is 11.1 Å². The second-order valence-electron chi connectivity index (χ2n) is 1.79. The maximum Gasteiger partial charge on any atom is 0.260 e. The topological polar surface area (TPSA) is 51.0 Å². The van der Waals surface area contributed by atoms with E-state index in [0.717, 1.165) is 5.56 Å². The molecule has 0 unspecified atom stereocenters. The number of aromatic nitrogens is 2. The van der Waals surface area contributed by atoms with Crippen LogP contribution < -0.4 is 4.54 Å². The van der Waals surface area contributed by atoms with E-state index in [2.05, 4.69) is 0 Å². The first-order chi connectivity index (χ1) is 4.20. The van der Waals surface area contributed by atoms with Crippen molar-refractivity contribution in [3.63, 3.8) is 0 Å². The quantitative estimate of drug-likeness (QED) is 0.461. The van der Waals surface area contributed by atoms with E-state index in [1.165, 1.54) is 12.4 Å². The molecule has 1 aromatic heterocycles. The summed E-state index contributed by atoms with van der Waals surface area (Å²) in [5, 5.41) is 10.3. The lowest BCUT2D eigenvalue weighted by molar-refractivity contribution is -0.587. The van der Waals surface area contributed by atoms with Crippen LogP contribution in [0.15, 0.2) is 18.5 Å². The first kappa shape index (κ1) is 5.81. The van der Waals surface area contributed by atoms with Gasteiger partial charge in [-0.3, -0.25) is 0 Å². The van der Waals surface area contributed by atoms with Crippen molar-refractivity contribution in [1.29, 1.82) is 0 Å². The summed E-state index contributed by atoms with van der Waals surface area (Å²) in [5.74, 6) is 0. The van der Waals surface area contributed by atoms with E-state index in [-0.39, 0.29) is 9.39 Å². The Labute approximate surface area is 51.5 Å². The second-order valence-corrected chi connectivity index (χ2v) is 1.79. The highest BCUT2D eigenvalue weighted by molar-refractivity contribution is 4.99. The highest BCUT2D eigenvalue weighted by Gasteiger charge is 1.92. The Balaban J connectivity index is 3.34. The molecule has 4 heteroatoms. The average Bonchev–Trinajstić information content (AvgIpc) is 1.80. The van der Waals surface area contributed by atoms with E-state index in [1.807, 2.05) is 0 Å². The zero-order valence-corrected chi connectivity index (χ0v) is 4.94. The van der Waals surface area contributed by atoms with Crippen LogP contribution in [0.1, 0.15) is 5.56 Å². The van der Waals surface area contributed by atoms with Crippen LogP contribution in [0.25, 0.3) is 0 Å². The van der Waals surface area contributed by atoms with E-state index in [9.17, 15) is 10.1 Å². The van der Waals surface area contributed by atoms with Crippen molar-refractivity contribution < 1.29 is 4.54 Å². The van der Waals surface area contributed by atoms with Gasteiger partial charge in [-0.05, 0) is 13.0 Å². The zero-order chi connectivity index (χ0) is 6.85. The van der Waals surface area contributed by atoms with Gasteiger partial charge in [-0.25, -0.2) is 0 Å². The predicted octanol–water partition coefficient (Wildman–Crippen LogP) is 0.0569. The lowest BCUT2D eigenvalue weighted by Gasteiger charge is -1.95. The molecule has 0 saturated carbocycles. The van der Waals surface area contributed by atoms with E-state index in [1.54, 1.807) is 13.0 Å². The summed E-state index contributed by atoms with van der Waals surface area (Å²) < 4.78 is 0.231. The minimum Gasteiger partial charge on any atom is -0.756 e. The number of nitrogens with zero attached hydrogens (tertiary/aromatic N) is 2. The fourth-order valence-corrected chi connectivity index (χ4v) is 0.521. The van der Waals surface area contributed by atoms with Crippen LogP contribution >= 0.6 is 0 Å². The van der Waals surface area contributed by atoms with Crippen LogP contribution in [0.3, 0.4) is 0 Å². The van der Waals surface area contributed by atoms with Crippen LogP contribution in [-0.2, 0) is 0 Å². The van der Waals surface area contributed by atoms with Gasteiger partial charge in [0.1, 0.15) is 0 Å². The smallest absolute Gasteiger partial charge is 0.260 e. The molecule has 0 amide bonds. The molecule has 0 N–H and O–H groups in total. The van der Waals surface area contributed by atoms with Crippen LogP contribution in [0.4, 0.5) is 0 Å². The molecule has 0 aliphatic carbocycles. The first-order valence-electron chi connectivity index (χ1n) is 2.49. The van der Waals surface area contributed by atoms with Gasteiger partial charge < -0.3 is 5.21 Å². The summed E-state index contributed by atoms with van der Waals surface area (Å²) in [5.41, 5.74) is 0.775. The summed E-state index contributed by atoms with van der Waals surface area (Å²) >= 11 is 0. The predicted molar refractivity (Wildman–Crippen MR) is 31.3 cm³/mol. The third-order valence-electron chi connectivity index (χ3n) is 0.973. The van der Waals surface area contributed by atoms with Gasteiger partial charge in [-0.2, -0.15) is 0 Å². The van der Waals surface area contributed by atoms with Gasteiger partial charge >= 0.3 is 0 Å². The third kappa shape index (κ3) is 1.07. The van der Waals surface area contributed by atoms with Crippen molar-refractivity contribution in [3.05, 3.63) is 34.1 Å². The zero-order valence-electron chi connectivity index (χ0n) is 4.94. The van der Waals surface area contributed by atoms with Gasteiger partial charge in [-0.1, -0.05) is 0 Å². The summed E-state index contributed by atoms with van der Waals surface area (Å²) in [6.07, 6.45) is 2.38. The molecule has 0 radical (unpaired) electrons. The standard InChI is InChI=1S/C5H6N2O2/c1-5-2-3-6(8)7(9)4-5/h2-4H,1H3. The summed E-state index contributed by atoms with van der Waals surface area (Å²) in [6.45, 7) is 1.74. The normalized spacial score (nSPS) is 9.44. The minimum atomic E-state index is 0.215. The van der Waals surface area contributed by atoms with Crippen molar-refractivity contribution in [3.8, 4) is 0 Å². The molecule has 1 aromatic rings. The molecule has 0 fully saturated rings. The lowest BCUT2D eigenvalue weighted by Crippen LogP contribution is -2.26. The molecule has 48 valence electrons. The first-order valence-corrected chi connectivity index (χ1v) is 2.49. The Kier molecular flexibility index (Phi) is 1.22. The maximum absolute atomic E-state index is 10.4. The molecule has 0 spiro atoms. The van der Waals surface area contributed by atoms with Crippen molar-refractivity contribution in [2.45, 2.75) is 6.92 Å². The third-order valence-corrected chi connectivity index (χ3v) is 0.973. The Bertz CT molecular complexity index is 266. The Morgan fingerprint density at radius 3 is 2.89 bits per heavy atom. The second kappa shape index (κ2) is 1.89. The molecule has 0 aromatic carbocycles. The molecule has 0 aliphatic heterocycles. The number of hydrogen-bond donors (Lipinski definition) is 0. The van der Waals surface area contributed by atoms with Crippen molar-refractivity contribution in [2.75, 3.05) is 0 Å². The van der Waals surface area contributed by atoms with Crippen molar-refractivity contribution >= 4 is 0 Å².